The number of ketones is 1. The fourth-order valence-electron chi connectivity index (χ4n) is 5.12. The minimum Gasteiger partial charge on any atom is -0.462 e. The summed E-state index contributed by atoms with van der Waals surface area (Å²) >= 11 is 0. The highest BCUT2D eigenvalue weighted by molar-refractivity contribution is 7.46. The molecule has 0 spiro atoms. The largest absolute Gasteiger partial charge is 0.469 e. The summed E-state index contributed by atoms with van der Waals surface area (Å²) in [5.74, 6) is -1.29. The molecule has 0 saturated heterocycles. The van der Waals surface area contributed by atoms with Gasteiger partial charge in [-0.15, -0.1) is 0 Å². The van der Waals surface area contributed by atoms with E-state index in [2.05, 4.69) is 67.0 Å². The van der Waals surface area contributed by atoms with E-state index >= 15 is 0 Å². The third kappa shape index (κ3) is 40.2. The van der Waals surface area contributed by atoms with Crippen molar-refractivity contribution in [2.45, 2.75) is 168 Å². The highest BCUT2D eigenvalue weighted by Gasteiger charge is 2.23. The molecule has 0 aliphatic rings. The molecule has 0 heterocycles. The van der Waals surface area contributed by atoms with E-state index in [0.717, 1.165) is 51.4 Å². The van der Waals surface area contributed by atoms with Gasteiger partial charge in [-0.25, -0.2) is 4.57 Å². The Labute approximate surface area is 321 Å². The van der Waals surface area contributed by atoms with Gasteiger partial charge in [0.05, 0.1) is 6.61 Å². The van der Waals surface area contributed by atoms with Crippen molar-refractivity contribution < 1.29 is 42.7 Å². The van der Waals surface area contributed by atoms with Crippen molar-refractivity contribution >= 4 is 25.5 Å². The Morgan fingerprint density at radius 1 is 0.547 bits per heavy atom. The summed E-state index contributed by atoms with van der Waals surface area (Å²) in [5, 5.41) is 0. The molecule has 0 fully saturated rings. The SMILES string of the molecule is CCCCC/C=C\C/C=C\C/C=C\C=C\C(=O)CCCC(=O)O[C@H](COC(=O)CCCCCCCCC/C=C\C/C=C\CCCCC)COP(=O)(O)O. The van der Waals surface area contributed by atoms with E-state index in [1.54, 1.807) is 6.08 Å². The second kappa shape index (κ2) is 37.5. The Morgan fingerprint density at radius 3 is 1.60 bits per heavy atom. The van der Waals surface area contributed by atoms with E-state index in [-0.39, 0.29) is 38.1 Å². The van der Waals surface area contributed by atoms with Crippen LogP contribution in [0.2, 0.25) is 0 Å². The van der Waals surface area contributed by atoms with Crippen molar-refractivity contribution in [1.29, 1.82) is 0 Å². The van der Waals surface area contributed by atoms with Crippen LogP contribution in [0.4, 0.5) is 0 Å². The van der Waals surface area contributed by atoms with Gasteiger partial charge in [-0.05, 0) is 76.7 Å². The highest BCUT2D eigenvalue weighted by Crippen LogP contribution is 2.36. The average Bonchev–Trinajstić information content (AvgIpc) is 3.12. The van der Waals surface area contributed by atoms with E-state index in [1.165, 1.54) is 70.3 Å². The van der Waals surface area contributed by atoms with Crippen LogP contribution >= 0.6 is 7.82 Å². The normalized spacial score (nSPS) is 13.1. The molecule has 0 unspecified atom stereocenters. The van der Waals surface area contributed by atoms with Crippen LogP contribution < -0.4 is 0 Å². The van der Waals surface area contributed by atoms with Crippen LogP contribution in [-0.2, 0) is 32.9 Å². The molecule has 0 aromatic heterocycles. The lowest BCUT2D eigenvalue weighted by molar-refractivity contribution is -0.161. The van der Waals surface area contributed by atoms with Gasteiger partial charge in [0.1, 0.15) is 6.61 Å². The smallest absolute Gasteiger partial charge is 0.462 e. The topological polar surface area (TPSA) is 136 Å². The Morgan fingerprint density at radius 2 is 1.04 bits per heavy atom. The Hall–Kier alpha value is -2.84. The lowest BCUT2D eigenvalue weighted by Crippen LogP contribution is -2.29. The lowest BCUT2D eigenvalue weighted by atomic mass is 10.1. The molecule has 0 aromatic carbocycles. The summed E-state index contributed by atoms with van der Waals surface area (Å²) in [6.07, 6.45) is 44.8. The maximum Gasteiger partial charge on any atom is 0.469 e. The van der Waals surface area contributed by atoms with Crippen molar-refractivity contribution in [3.8, 4) is 0 Å². The number of rotatable bonds is 36. The zero-order valence-corrected chi connectivity index (χ0v) is 33.8. The molecule has 0 radical (unpaired) electrons. The fraction of sp³-hybridized carbons (Fsp3) is 0.651. The van der Waals surface area contributed by atoms with Gasteiger partial charge in [0.15, 0.2) is 11.9 Å². The standard InChI is InChI=1S/C43H71O9P/c1-3-5-7-9-11-13-15-17-18-19-20-22-24-26-28-30-32-36-42(45)50-38-41(39-51-53(47,48)49)52-43(46)37-33-35-40(44)34-31-29-27-25-23-21-16-14-12-10-8-6-4-2/h11-14,17-18,21,23,27,29,31,34,41H,3-10,15-16,19-20,22,24-26,28,30,32-33,35-39H2,1-2H3,(H2,47,48,49)/b13-11-,14-12-,18-17-,23-21-,29-27-,34-31+/t41-/m1/s1. The number of allylic oxidation sites excluding steroid dienone is 12. The molecule has 9 nitrogen and oxygen atoms in total. The number of hydrogen-bond acceptors (Lipinski definition) is 7. The number of phosphoric ester groups is 1. The number of unbranched alkanes of at least 4 members (excludes halogenated alkanes) is 13. The second-order valence-corrected chi connectivity index (χ2v) is 14.5. The van der Waals surface area contributed by atoms with Crippen molar-refractivity contribution in [2.75, 3.05) is 13.2 Å². The van der Waals surface area contributed by atoms with E-state index in [0.29, 0.717) is 6.42 Å². The molecular weight excluding hydrogens is 691 g/mol. The van der Waals surface area contributed by atoms with Gasteiger partial charge in [0.25, 0.3) is 0 Å². The maximum atomic E-state index is 12.4. The van der Waals surface area contributed by atoms with Crippen LogP contribution in [0.1, 0.15) is 162 Å². The molecule has 0 aromatic rings. The van der Waals surface area contributed by atoms with Crippen molar-refractivity contribution in [3.05, 3.63) is 72.9 Å². The molecule has 0 aliphatic heterocycles. The number of hydrogen-bond donors (Lipinski definition) is 2. The van der Waals surface area contributed by atoms with Crippen LogP contribution in [0.3, 0.4) is 0 Å². The van der Waals surface area contributed by atoms with Crippen molar-refractivity contribution in [2.24, 2.45) is 0 Å². The van der Waals surface area contributed by atoms with E-state index in [9.17, 15) is 18.9 Å². The van der Waals surface area contributed by atoms with E-state index < -0.39 is 32.5 Å². The van der Waals surface area contributed by atoms with Gasteiger partial charge >= 0.3 is 19.8 Å². The second-order valence-electron chi connectivity index (χ2n) is 13.3. The van der Waals surface area contributed by atoms with Gasteiger partial charge in [-0.3, -0.25) is 18.9 Å². The zero-order valence-electron chi connectivity index (χ0n) is 32.9. The van der Waals surface area contributed by atoms with E-state index in [4.69, 9.17) is 19.3 Å². The third-order valence-corrected chi connectivity index (χ3v) is 8.66. The first kappa shape index (κ1) is 50.2. The minimum absolute atomic E-state index is 0.0822. The lowest BCUT2D eigenvalue weighted by Gasteiger charge is -2.18. The van der Waals surface area contributed by atoms with Crippen molar-refractivity contribution in [1.82, 2.24) is 0 Å². The number of ether oxygens (including phenoxy) is 2. The molecule has 2 N–H and O–H groups in total. The molecule has 0 rings (SSSR count). The van der Waals surface area contributed by atoms with Gasteiger partial charge < -0.3 is 19.3 Å². The predicted molar refractivity (Wildman–Crippen MR) is 216 cm³/mol. The monoisotopic (exact) mass is 762 g/mol. The number of phosphoric acid groups is 1. The summed E-state index contributed by atoms with van der Waals surface area (Å²) in [6, 6.07) is 0. The van der Waals surface area contributed by atoms with Gasteiger partial charge in [0.2, 0.25) is 0 Å². The summed E-state index contributed by atoms with van der Waals surface area (Å²) in [7, 11) is -4.82. The summed E-state index contributed by atoms with van der Waals surface area (Å²) in [4.78, 5) is 54.9. The molecular formula is C43H71O9P. The Kier molecular flexibility index (Phi) is 35.5. The van der Waals surface area contributed by atoms with Gasteiger partial charge in [-0.1, -0.05) is 138 Å². The molecule has 0 aliphatic carbocycles. The summed E-state index contributed by atoms with van der Waals surface area (Å²) in [6.45, 7) is 3.41. The fourth-order valence-corrected chi connectivity index (χ4v) is 5.48. The molecule has 0 bridgehead atoms. The average molecular weight is 763 g/mol. The number of esters is 2. The number of carbonyl (C=O) groups is 3. The van der Waals surface area contributed by atoms with Crippen LogP contribution in [0.25, 0.3) is 0 Å². The molecule has 0 amide bonds. The maximum absolute atomic E-state index is 12.4. The van der Waals surface area contributed by atoms with Crippen LogP contribution in [0.5, 0.6) is 0 Å². The highest BCUT2D eigenvalue weighted by atomic mass is 31.2. The Balaban J connectivity index is 4.17. The quantitative estimate of drug-likeness (QED) is 0.0160. The predicted octanol–water partition coefficient (Wildman–Crippen LogP) is 11.5. The molecule has 53 heavy (non-hydrogen) atoms. The summed E-state index contributed by atoms with van der Waals surface area (Å²) in [5.41, 5.74) is 0. The molecule has 0 saturated carbocycles. The molecule has 10 heteroatoms. The van der Waals surface area contributed by atoms with E-state index in [1.807, 2.05) is 12.2 Å². The first-order chi connectivity index (χ1) is 25.7. The first-order valence-electron chi connectivity index (χ1n) is 20.2. The Bertz CT molecular complexity index is 1150. The van der Waals surface area contributed by atoms with Crippen LogP contribution in [-0.4, -0.2) is 46.8 Å². The summed E-state index contributed by atoms with van der Waals surface area (Å²) < 4.78 is 26.2. The first-order valence-corrected chi connectivity index (χ1v) is 21.7. The zero-order chi connectivity index (χ0) is 39.1. The molecule has 1 atom stereocenters. The van der Waals surface area contributed by atoms with Gasteiger partial charge in [-0.2, -0.15) is 0 Å². The van der Waals surface area contributed by atoms with Crippen molar-refractivity contribution in [3.63, 3.8) is 0 Å². The van der Waals surface area contributed by atoms with Crippen LogP contribution in [0, 0.1) is 0 Å². The number of carbonyl (C=O) groups excluding carboxylic acids is 3. The molecule has 302 valence electrons. The van der Waals surface area contributed by atoms with Crippen LogP contribution in [0.15, 0.2) is 72.9 Å². The minimum atomic E-state index is -4.82. The third-order valence-electron chi connectivity index (χ3n) is 8.17. The van der Waals surface area contributed by atoms with Gasteiger partial charge in [0, 0.05) is 19.3 Å².